The lowest BCUT2D eigenvalue weighted by atomic mass is 10.1. The second-order valence-corrected chi connectivity index (χ2v) is 8.92. The zero-order valence-corrected chi connectivity index (χ0v) is 21.1. The van der Waals surface area contributed by atoms with E-state index < -0.39 is 5.91 Å². The number of nitrogens with zero attached hydrogens (tertiary/aromatic N) is 2. The molecule has 0 aliphatic carbocycles. The summed E-state index contributed by atoms with van der Waals surface area (Å²) in [6.45, 7) is 2.60. The number of hydrogen-bond donors (Lipinski definition) is 2. The number of benzene rings is 3. The quantitative estimate of drug-likeness (QED) is 0.264. The van der Waals surface area contributed by atoms with Crippen molar-refractivity contribution in [1.29, 1.82) is 0 Å². The summed E-state index contributed by atoms with van der Waals surface area (Å²) in [7, 11) is 0. The van der Waals surface area contributed by atoms with Crippen molar-refractivity contribution in [2.75, 3.05) is 6.54 Å². The molecule has 6 nitrogen and oxygen atoms in total. The third-order valence-electron chi connectivity index (χ3n) is 4.61. The molecule has 0 aliphatic heterocycles. The van der Waals surface area contributed by atoms with Crippen LogP contribution in [0.3, 0.4) is 0 Å². The van der Waals surface area contributed by atoms with Gasteiger partial charge in [0.1, 0.15) is 5.75 Å². The number of aromatic nitrogens is 2. The fraction of sp³-hybridized carbons (Fsp3) is 0.160. The first-order valence-electron chi connectivity index (χ1n) is 10.3. The highest BCUT2D eigenvalue weighted by Gasteiger charge is 2.17. The molecule has 0 unspecified atom stereocenters. The van der Waals surface area contributed by atoms with Gasteiger partial charge in [-0.1, -0.05) is 71.4 Å². The van der Waals surface area contributed by atoms with Crippen molar-refractivity contribution in [3.63, 3.8) is 0 Å². The first kappa shape index (κ1) is 24.7. The van der Waals surface area contributed by atoms with Gasteiger partial charge in [0.15, 0.2) is 0 Å². The molecule has 0 saturated carbocycles. The van der Waals surface area contributed by atoms with Crippen molar-refractivity contribution < 1.29 is 14.4 Å². The van der Waals surface area contributed by atoms with Gasteiger partial charge in [-0.15, -0.1) is 0 Å². The van der Waals surface area contributed by atoms with Crippen LogP contribution < -0.4 is 5.32 Å². The molecule has 1 amide bonds. The fourth-order valence-corrected chi connectivity index (χ4v) is 4.06. The number of aromatic hydroxyl groups is 1. The normalized spacial score (nSPS) is 10.3. The molecule has 4 rings (SSSR count). The topological polar surface area (TPSA) is 88.2 Å². The van der Waals surface area contributed by atoms with Crippen molar-refractivity contribution >= 4 is 37.8 Å². The number of carbonyl (C=O) groups excluding carboxylic acids is 1. The number of hydrogen-bond acceptors (Lipinski definition) is 5. The third-order valence-corrected chi connectivity index (χ3v) is 5.82. The smallest absolute Gasteiger partial charge is 0.316 e. The summed E-state index contributed by atoms with van der Waals surface area (Å²) in [5, 5.41) is 16.3. The van der Waals surface area contributed by atoms with Crippen LogP contribution in [0.1, 0.15) is 28.2 Å². The molecule has 0 aliphatic rings. The van der Waals surface area contributed by atoms with Gasteiger partial charge < -0.3 is 14.9 Å². The molecule has 0 fully saturated rings. The van der Waals surface area contributed by atoms with E-state index in [9.17, 15) is 9.90 Å². The van der Waals surface area contributed by atoms with Gasteiger partial charge in [0, 0.05) is 12.1 Å². The monoisotopic (exact) mass is 571 g/mol. The average Bonchev–Trinajstić information content (AvgIpc) is 3.32. The summed E-state index contributed by atoms with van der Waals surface area (Å²) < 4.78 is 6.01. The number of nitrogens with one attached hydrogen (secondary N) is 1. The Kier molecular flexibility index (Phi) is 9.21. The van der Waals surface area contributed by atoms with E-state index in [1.807, 2.05) is 36.4 Å². The minimum Gasteiger partial charge on any atom is -0.506 e. The van der Waals surface area contributed by atoms with Gasteiger partial charge in [-0.25, -0.2) is 0 Å². The van der Waals surface area contributed by atoms with Crippen molar-refractivity contribution in [2.24, 2.45) is 0 Å². The maximum absolute atomic E-state index is 12.1. The molecule has 1 heterocycles. The SMILES string of the molecule is Cc1ccccc1.O=C(NCCCc1ccccc1)c1nc(-c2cc(Br)c(O)c(Br)c2)no1. The largest absolute Gasteiger partial charge is 0.506 e. The lowest BCUT2D eigenvalue weighted by molar-refractivity contribution is 0.0909. The highest BCUT2D eigenvalue weighted by atomic mass is 79.9. The molecule has 3 aromatic carbocycles. The van der Waals surface area contributed by atoms with Gasteiger partial charge in [-0.2, -0.15) is 4.98 Å². The molecule has 33 heavy (non-hydrogen) atoms. The zero-order chi connectivity index (χ0) is 23.6. The third kappa shape index (κ3) is 7.54. The number of halogens is 2. The van der Waals surface area contributed by atoms with E-state index in [1.54, 1.807) is 12.1 Å². The van der Waals surface area contributed by atoms with Crippen LogP contribution >= 0.6 is 31.9 Å². The molecule has 8 heteroatoms. The number of carbonyl (C=O) groups is 1. The predicted octanol–water partition coefficient (Wildman–Crippen LogP) is 6.32. The van der Waals surface area contributed by atoms with E-state index in [0.29, 0.717) is 21.1 Å². The van der Waals surface area contributed by atoms with Gasteiger partial charge in [0.05, 0.1) is 8.95 Å². The second-order valence-electron chi connectivity index (χ2n) is 7.21. The highest BCUT2D eigenvalue weighted by Crippen LogP contribution is 2.36. The number of aryl methyl sites for hydroxylation is 2. The van der Waals surface area contributed by atoms with Crippen LogP contribution in [0.5, 0.6) is 5.75 Å². The Morgan fingerprint density at radius 3 is 2.18 bits per heavy atom. The van der Waals surface area contributed by atoms with E-state index in [4.69, 9.17) is 4.52 Å². The minimum atomic E-state index is -0.409. The molecule has 0 radical (unpaired) electrons. The highest BCUT2D eigenvalue weighted by molar-refractivity contribution is 9.11. The first-order valence-corrected chi connectivity index (χ1v) is 11.9. The number of phenolic OH excluding ortho intramolecular Hbond substituents is 1. The van der Waals surface area contributed by atoms with Crippen LogP contribution in [-0.2, 0) is 6.42 Å². The molecule has 0 bridgehead atoms. The molecule has 170 valence electrons. The summed E-state index contributed by atoms with van der Waals surface area (Å²) >= 11 is 6.49. The lowest BCUT2D eigenvalue weighted by Crippen LogP contribution is -2.25. The van der Waals surface area contributed by atoms with Gasteiger partial charge in [0.25, 0.3) is 0 Å². The van der Waals surface area contributed by atoms with Gasteiger partial charge in [-0.05, 0) is 69.3 Å². The van der Waals surface area contributed by atoms with E-state index in [2.05, 4.69) is 78.5 Å². The van der Waals surface area contributed by atoms with Crippen molar-refractivity contribution in [2.45, 2.75) is 19.8 Å². The van der Waals surface area contributed by atoms with E-state index in [-0.39, 0.29) is 17.5 Å². The second kappa shape index (κ2) is 12.3. The Labute approximate surface area is 209 Å². The summed E-state index contributed by atoms with van der Waals surface area (Å²) in [5.74, 6) is -0.164. The molecule has 2 N–H and O–H groups in total. The predicted molar refractivity (Wildman–Crippen MR) is 135 cm³/mol. The standard InChI is InChI=1S/C18H15Br2N3O3.C7H8/c19-13-9-12(10-14(20)15(13)24)16-22-18(26-23-16)17(25)21-8-4-7-11-5-2-1-3-6-11;1-7-5-3-2-4-6-7/h1-3,5-6,9-10,24H,4,7-8H2,(H,21,25);2-6H,1H3. The van der Waals surface area contributed by atoms with Crippen molar-refractivity contribution in [1.82, 2.24) is 15.5 Å². The summed E-state index contributed by atoms with van der Waals surface area (Å²) in [6.07, 6.45) is 1.69. The number of rotatable bonds is 6. The molecule has 0 spiro atoms. The van der Waals surface area contributed by atoms with E-state index in [0.717, 1.165) is 12.8 Å². The summed E-state index contributed by atoms with van der Waals surface area (Å²) in [4.78, 5) is 16.2. The Morgan fingerprint density at radius 2 is 1.61 bits per heavy atom. The first-order chi connectivity index (χ1) is 15.9. The van der Waals surface area contributed by atoms with Gasteiger partial charge in [0.2, 0.25) is 5.82 Å². The maximum Gasteiger partial charge on any atom is 0.316 e. The van der Waals surface area contributed by atoms with E-state index >= 15 is 0 Å². The van der Waals surface area contributed by atoms with Crippen LogP contribution in [0.15, 0.2) is 86.3 Å². The average molecular weight is 573 g/mol. The van der Waals surface area contributed by atoms with Crippen molar-refractivity contribution in [3.05, 3.63) is 98.8 Å². The molecule has 4 aromatic rings. The molecule has 1 aromatic heterocycles. The Balaban J connectivity index is 0.000000374. The van der Waals surface area contributed by atoms with Crippen LogP contribution in [-0.4, -0.2) is 27.7 Å². The Bertz CT molecular complexity index is 1160. The Morgan fingerprint density at radius 1 is 1.00 bits per heavy atom. The minimum absolute atomic E-state index is 0.0774. The fourth-order valence-electron chi connectivity index (χ4n) is 2.88. The lowest BCUT2D eigenvalue weighted by Gasteiger charge is -2.03. The molecular weight excluding hydrogens is 550 g/mol. The summed E-state index contributed by atoms with van der Waals surface area (Å²) in [6, 6.07) is 23.6. The molecule has 0 saturated heterocycles. The molecule has 0 atom stereocenters. The zero-order valence-electron chi connectivity index (χ0n) is 18.0. The van der Waals surface area contributed by atoms with E-state index in [1.165, 1.54) is 11.1 Å². The van der Waals surface area contributed by atoms with Gasteiger partial charge in [-0.3, -0.25) is 4.79 Å². The number of amides is 1. The van der Waals surface area contributed by atoms with Crippen LogP contribution in [0.2, 0.25) is 0 Å². The Hall–Kier alpha value is -2.97. The van der Waals surface area contributed by atoms with Gasteiger partial charge >= 0.3 is 11.8 Å². The summed E-state index contributed by atoms with van der Waals surface area (Å²) in [5.41, 5.74) is 3.15. The number of phenols is 1. The van der Waals surface area contributed by atoms with Crippen LogP contribution in [0.25, 0.3) is 11.4 Å². The maximum atomic E-state index is 12.1. The molecular formula is C25H23Br2N3O3. The van der Waals surface area contributed by atoms with Crippen LogP contribution in [0, 0.1) is 6.92 Å². The van der Waals surface area contributed by atoms with Crippen LogP contribution in [0.4, 0.5) is 0 Å². The van der Waals surface area contributed by atoms with Crippen molar-refractivity contribution in [3.8, 4) is 17.1 Å².